The zero-order valence-electron chi connectivity index (χ0n) is 12.1. The molecule has 0 aliphatic rings. The van der Waals surface area contributed by atoms with Crippen LogP contribution in [0.2, 0.25) is 5.02 Å². The van der Waals surface area contributed by atoms with Gasteiger partial charge in [-0.1, -0.05) is 35.9 Å². The molecule has 23 heavy (non-hydrogen) atoms. The van der Waals surface area contributed by atoms with Crippen molar-refractivity contribution in [3.8, 4) is 5.75 Å². The summed E-state index contributed by atoms with van der Waals surface area (Å²) in [6, 6.07) is 10.3. The second-order valence-corrected chi connectivity index (χ2v) is 6.90. The fraction of sp³-hybridized carbons (Fsp3) is 0.200. The van der Waals surface area contributed by atoms with E-state index in [0.717, 1.165) is 5.56 Å². The highest BCUT2D eigenvalue weighted by atomic mass is 35.5. The van der Waals surface area contributed by atoms with Crippen LogP contribution in [-0.4, -0.2) is 15.0 Å². The van der Waals surface area contributed by atoms with Gasteiger partial charge in [-0.15, -0.1) is 0 Å². The van der Waals surface area contributed by atoms with Gasteiger partial charge in [0.15, 0.2) is 0 Å². The molecule has 0 radical (unpaired) electrons. The van der Waals surface area contributed by atoms with Crippen LogP contribution in [0.15, 0.2) is 47.4 Å². The molecule has 1 N–H and O–H groups in total. The molecule has 0 saturated heterocycles. The van der Waals surface area contributed by atoms with Gasteiger partial charge < -0.3 is 4.74 Å². The number of nitrogens with one attached hydrogen (secondary N) is 1. The van der Waals surface area contributed by atoms with Gasteiger partial charge in [0.2, 0.25) is 10.0 Å². The van der Waals surface area contributed by atoms with Crippen molar-refractivity contribution in [3.05, 3.63) is 58.6 Å². The number of hydrogen-bond acceptors (Lipinski definition) is 3. The van der Waals surface area contributed by atoms with E-state index in [4.69, 9.17) is 11.6 Å². The fourth-order valence-electron chi connectivity index (χ4n) is 1.86. The molecule has 2 aromatic carbocycles. The number of alkyl halides is 2. The standard InChI is InChI=1S/C15H14ClF2NO3S/c1-10-6-7-12(8-13(10)16)23(20,21)19-9-11-4-2-3-5-14(11)22-15(17)18/h2-8,15,19H,9H2,1H3. The molecule has 0 saturated carbocycles. The van der Waals surface area contributed by atoms with Gasteiger partial charge in [0.05, 0.1) is 4.90 Å². The first kappa shape index (κ1) is 17.7. The van der Waals surface area contributed by atoms with E-state index in [1.54, 1.807) is 19.1 Å². The topological polar surface area (TPSA) is 55.4 Å². The maximum absolute atomic E-state index is 12.3. The van der Waals surface area contributed by atoms with Crippen molar-refractivity contribution in [2.24, 2.45) is 0 Å². The molecule has 0 aliphatic carbocycles. The minimum Gasteiger partial charge on any atom is -0.434 e. The van der Waals surface area contributed by atoms with Gasteiger partial charge in [0.25, 0.3) is 0 Å². The highest BCUT2D eigenvalue weighted by molar-refractivity contribution is 7.89. The minimum absolute atomic E-state index is 0.000332. The summed E-state index contributed by atoms with van der Waals surface area (Å²) in [5, 5.41) is 0.328. The van der Waals surface area contributed by atoms with Crippen LogP contribution in [0.3, 0.4) is 0 Å². The van der Waals surface area contributed by atoms with Crippen LogP contribution in [-0.2, 0) is 16.6 Å². The van der Waals surface area contributed by atoms with Crippen molar-refractivity contribution >= 4 is 21.6 Å². The van der Waals surface area contributed by atoms with Gasteiger partial charge in [0, 0.05) is 17.1 Å². The molecule has 8 heteroatoms. The molecular weight excluding hydrogens is 348 g/mol. The molecule has 0 atom stereocenters. The van der Waals surface area contributed by atoms with E-state index in [-0.39, 0.29) is 17.2 Å². The number of halogens is 3. The minimum atomic E-state index is -3.82. The van der Waals surface area contributed by atoms with Crippen molar-refractivity contribution in [1.29, 1.82) is 0 Å². The number of benzene rings is 2. The molecule has 0 bridgehead atoms. The quantitative estimate of drug-likeness (QED) is 0.853. The Hall–Kier alpha value is -1.70. The summed E-state index contributed by atoms with van der Waals surface area (Å²) < 4.78 is 55.9. The van der Waals surface area contributed by atoms with E-state index in [0.29, 0.717) is 10.6 Å². The first-order chi connectivity index (χ1) is 10.8. The second kappa shape index (κ2) is 7.25. The number of ether oxygens (including phenoxy) is 1. The summed E-state index contributed by atoms with van der Waals surface area (Å²) in [4.78, 5) is 0.000332. The smallest absolute Gasteiger partial charge is 0.387 e. The first-order valence-corrected chi connectivity index (χ1v) is 8.44. The number of hydrogen-bond donors (Lipinski definition) is 1. The van der Waals surface area contributed by atoms with Gasteiger partial charge in [-0.3, -0.25) is 0 Å². The Labute approximate surface area is 138 Å². The van der Waals surface area contributed by atoms with Crippen LogP contribution < -0.4 is 9.46 Å². The van der Waals surface area contributed by atoms with Crippen molar-refractivity contribution in [3.63, 3.8) is 0 Å². The highest BCUT2D eigenvalue weighted by Crippen LogP contribution is 2.22. The van der Waals surface area contributed by atoms with Crippen molar-refractivity contribution < 1.29 is 21.9 Å². The Kier molecular flexibility index (Phi) is 5.56. The van der Waals surface area contributed by atoms with E-state index in [9.17, 15) is 17.2 Å². The van der Waals surface area contributed by atoms with E-state index in [1.807, 2.05) is 0 Å². The van der Waals surface area contributed by atoms with E-state index in [1.165, 1.54) is 30.3 Å². The normalized spacial score (nSPS) is 11.7. The zero-order valence-corrected chi connectivity index (χ0v) is 13.7. The molecule has 0 spiro atoms. The van der Waals surface area contributed by atoms with Gasteiger partial charge in [-0.2, -0.15) is 8.78 Å². The third-order valence-electron chi connectivity index (χ3n) is 3.09. The molecule has 0 heterocycles. The van der Waals surface area contributed by atoms with Gasteiger partial charge in [0.1, 0.15) is 5.75 Å². The van der Waals surface area contributed by atoms with E-state index >= 15 is 0 Å². The van der Waals surface area contributed by atoms with Crippen molar-refractivity contribution in [2.75, 3.05) is 0 Å². The number of sulfonamides is 1. The summed E-state index contributed by atoms with van der Waals surface area (Å²) in [5.74, 6) is -0.0767. The van der Waals surface area contributed by atoms with Crippen LogP contribution in [0.1, 0.15) is 11.1 Å². The summed E-state index contributed by atoms with van der Waals surface area (Å²) in [6.07, 6.45) is 0. The van der Waals surface area contributed by atoms with E-state index in [2.05, 4.69) is 9.46 Å². The second-order valence-electron chi connectivity index (χ2n) is 4.72. The maximum atomic E-state index is 12.3. The Bertz CT molecular complexity index is 797. The molecule has 0 unspecified atom stereocenters. The molecule has 0 fully saturated rings. The van der Waals surface area contributed by atoms with Crippen LogP contribution in [0, 0.1) is 6.92 Å². The third kappa shape index (κ3) is 4.63. The van der Waals surface area contributed by atoms with Crippen LogP contribution in [0.25, 0.3) is 0 Å². The highest BCUT2D eigenvalue weighted by Gasteiger charge is 2.16. The molecule has 2 aromatic rings. The lowest BCUT2D eigenvalue weighted by atomic mass is 10.2. The summed E-state index contributed by atoms with van der Waals surface area (Å²) in [5.41, 5.74) is 1.05. The van der Waals surface area contributed by atoms with Crippen molar-refractivity contribution in [2.45, 2.75) is 25.0 Å². The lowest BCUT2D eigenvalue weighted by Crippen LogP contribution is -2.23. The fourth-order valence-corrected chi connectivity index (χ4v) is 3.14. The molecule has 0 aromatic heterocycles. The Morgan fingerprint density at radius 1 is 1.22 bits per heavy atom. The lowest BCUT2D eigenvalue weighted by Gasteiger charge is -2.12. The summed E-state index contributed by atoms with van der Waals surface area (Å²) in [7, 11) is -3.82. The van der Waals surface area contributed by atoms with Crippen LogP contribution in [0.4, 0.5) is 8.78 Å². The first-order valence-electron chi connectivity index (χ1n) is 6.58. The Morgan fingerprint density at radius 2 is 1.91 bits per heavy atom. The molecule has 124 valence electrons. The maximum Gasteiger partial charge on any atom is 0.387 e. The van der Waals surface area contributed by atoms with Gasteiger partial charge in [-0.25, -0.2) is 13.1 Å². The largest absolute Gasteiger partial charge is 0.434 e. The average Bonchev–Trinajstić information content (AvgIpc) is 2.48. The molecule has 0 aliphatic heterocycles. The van der Waals surface area contributed by atoms with Crippen molar-refractivity contribution in [1.82, 2.24) is 4.72 Å². The van der Waals surface area contributed by atoms with Gasteiger partial charge >= 0.3 is 6.61 Å². The molecule has 0 amide bonds. The SMILES string of the molecule is Cc1ccc(S(=O)(=O)NCc2ccccc2OC(F)F)cc1Cl. The molecule has 2 rings (SSSR count). The molecule has 4 nitrogen and oxygen atoms in total. The lowest BCUT2D eigenvalue weighted by molar-refractivity contribution is -0.0504. The Balaban J connectivity index is 2.18. The van der Waals surface area contributed by atoms with Gasteiger partial charge in [-0.05, 0) is 30.7 Å². The van der Waals surface area contributed by atoms with Crippen LogP contribution in [0.5, 0.6) is 5.75 Å². The van der Waals surface area contributed by atoms with Crippen LogP contribution >= 0.6 is 11.6 Å². The number of aryl methyl sites for hydroxylation is 1. The predicted molar refractivity (Wildman–Crippen MR) is 83.3 cm³/mol. The number of para-hydroxylation sites is 1. The summed E-state index contributed by atoms with van der Waals surface area (Å²) in [6.45, 7) is -1.41. The number of rotatable bonds is 6. The average molecular weight is 362 g/mol. The third-order valence-corrected chi connectivity index (χ3v) is 4.90. The van der Waals surface area contributed by atoms with E-state index < -0.39 is 16.6 Å². The Morgan fingerprint density at radius 3 is 2.57 bits per heavy atom. The zero-order chi connectivity index (χ0) is 17.0. The predicted octanol–water partition coefficient (Wildman–Crippen LogP) is 3.73. The summed E-state index contributed by atoms with van der Waals surface area (Å²) >= 11 is 5.92. The molecular formula is C15H14ClF2NO3S. The monoisotopic (exact) mass is 361 g/mol.